The van der Waals surface area contributed by atoms with Crippen LogP contribution in [0, 0.1) is 13.8 Å². The second kappa shape index (κ2) is 8.71. The fourth-order valence-electron chi connectivity index (χ4n) is 4.20. The summed E-state index contributed by atoms with van der Waals surface area (Å²) in [6.45, 7) is 4.57. The number of pyridine rings is 1. The van der Waals surface area contributed by atoms with Gasteiger partial charge in [-0.15, -0.1) is 0 Å². The van der Waals surface area contributed by atoms with Gasteiger partial charge in [0.05, 0.1) is 0 Å². The summed E-state index contributed by atoms with van der Waals surface area (Å²) in [5.41, 5.74) is 4.95. The molecule has 4 rings (SSSR count). The maximum absolute atomic E-state index is 13.2. The number of aryl methyl sites for hydroxylation is 2. The molecular weight excluding hydrogens is 398 g/mol. The third kappa shape index (κ3) is 3.89. The van der Waals surface area contributed by atoms with Gasteiger partial charge in [0.15, 0.2) is 0 Å². The molecule has 0 aliphatic rings. The number of amides is 2. The summed E-state index contributed by atoms with van der Waals surface area (Å²) in [4.78, 5) is 27.9. The van der Waals surface area contributed by atoms with Crippen molar-refractivity contribution in [3.8, 4) is 11.1 Å². The lowest BCUT2D eigenvalue weighted by atomic mass is 9.92. The standard InChI is InChI=1S/C27H27N3O2/c1-18-11-10-12-19(2)23(18)24-21-15-8-9-16-22(21)26(31)30(4)25(24)28-27(32)29(3)17-20-13-6-5-7-14-20/h5-16H,17H2,1-4H3,(H,28,32). The smallest absolute Gasteiger partial charge is 0.323 e. The first-order valence-electron chi connectivity index (χ1n) is 10.6. The van der Waals surface area contributed by atoms with Crippen LogP contribution in [0.1, 0.15) is 16.7 Å². The normalized spacial score (nSPS) is 10.9. The predicted molar refractivity (Wildman–Crippen MR) is 131 cm³/mol. The fourth-order valence-corrected chi connectivity index (χ4v) is 4.20. The zero-order valence-corrected chi connectivity index (χ0v) is 18.8. The number of rotatable bonds is 4. The molecule has 0 spiro atoms. The predicted octanol–water partition coefficient (Wildman–Crippen LogP) is 5.49. The molecule has 1 heterocycles. The number of urea groups is 1. The van der Waals surface area contributed by atoms with Gasteiger partial charge in [-0.1, -0.05) is 66.7 Å². The van der Waals surface area contributed by atoms with Crippen molar-refractivity contribution in [2.75, 3.05) is 12.4 Å². The van der Waals surface area contributed by atoms with E-state index in [1.807, 2.05) is 60.7 Å². The van der Waals surface area contributed by atoms with Gasteiger partial charge in [-0.3, -0.25) is 14.7 Å². The summed E-state index contributed by atoms with van der Waals surface area (Å²) in [7, 11) is 3.46. The second-order valence-electron chi connectivity index (χ2n) is 8.17. The maximum Gasteiger partial charge on any atom is 0.323 e. The van der Waals surface area contributed by atoms with Gasteiger partial charge in [-0.25, -0.2) is 4.79 Å². The van der Waals surface area contributed by atoms with Crippen molar-refractivity contribution in [3.05, 3.63) is 99.8 Å². The molecule has 0 unspecified atom stereocenters. The molecule has 0 aliphatic heterocycles. The van der Waals surface area contributed by atoms with E-state index in [9.17, 15) is 9.59 Å². The number of carbonyl (C=O) groups is 1. The van der Waals surface area contributed by atoms with Crippen molar-refractivity contribution in [3.63, 3.8) is 0 Å². The van der Waals surface area contributed by atoms with E-state index in [0.29, 0.717) is 17.7 Å². The molecule has 0 bridgehead atoms. The Balaban J connectivity index is 1.86. The molecule has 0 aliphatic carbocycles. The molecule has 0 saturated carbocycles. The van der Waals surface area contributed by atoms with Gasteiger partial charge < -0.3 is 4.90 Å². The Hall–Kier alpha value is -3.86. The maximum atomic E-state index is 13.2. The molecule has 3 aromatic carbocycles. The number of hydrogen-bond acceptors (Lipinski definition) is 2. The van der Waals surface area contributed by atoms with Crippen molar-refractivity contribution in [2.24, 2.45) is 7.05 Å². The number of aromatic nitrogens is 1. The number of nitrogens with one attached hydrogen (secondary N) is 1. The van der Waals surface area contributed by atoms with E-state index in [1.54, 1.807) is 19.0 Å². The van der Waals surface area contributed by atoms with Crippen LogP contribution >= 0.6 is 0 Å². The van der Waals surface area contributed by atoms with Gasteiger partial charge >= 0.3 is 6.03 Å². The first-order valence-corrected chi connectivity index (χ1v) is 10.6. The van der Waals surface area contributed by atoms with Crippen molar-refractivity contribution >= 4 is 22.6 Å². The lowest BCUT2D eigenvalue weighted by Crippen LogP contribution is -2.33. The van der Waals surface area contributed by atoms with Gasteiger partial charge in [0.25, 0.3) is 5.56 Å². The zero-order valence-electron chi connectivity index (χ0n) is 18.8. The Bertz CT molecular complexity index is 1340. The first-order chi connectivity index (χ1) is 15.4. The second-order valence-corrected chi connectivity index (χ2v) is 8.17. The first kappa shape index (κ1) is 21.4. The molecule has 1 N–H and O–H groups in total. The Kier molecular flexibility index (Phi) is 5.82. The van der Waals surface area contributed by atoms with Crippen molar-refractivity contribution in [1.29, 1.82) is 0 Å². The summed E-state index contributed by atoms with van der Waals surface area (Å²) in [6.07, 6.45) is 0. The van der Waals surface area contributed by atoms with Crippen LogP contribution in [0.4, 0.5) is 10.6 Å². The van der Waals surface area contributed by atoms with Crippen molar-refractivity contribution in [1.82, 2.24) is 9.47 Å². The van der Waals surface area contributed by atoms with E-state index in [1.165, 1.54) is 4.57 Å². The Morgan fingerprint density at radius 1 is 0.844 bits per heavy atom. The number of nitrogens with zero attached hydrogens (tertiary/aromatic N) is 2. The highest BCUT2D eigenvalue weighted by Crippen LogP contribution is 2.37. The van der Waals surface area contributed by atoms with Crippen LogP contribution in [-0.4, -0.2) is 22.5 Å². The summed E-state index contributed by atoms with van der Waals surface area (Å²) < 4.78 is 1.54. The molecule has 1 aromatic heterocycles. The molecule has 162 valence electrons. The number of hydrogen-bond donors (Lipinski definition) is 1. The lowest BCUT2D eigenvalue weighted by molar-refractivity contribution is 0.220. The van der Waals surface area contributed by atoms with Crippen LogP contribution < -0.4 is 10.9 Å². The van der Waals surface area contributed by atoms with Crippen molar-refractivity contribution < 1.29 is 4.79 Å². The van der Waals surface area contributed by atoms with Crippen LogP contribution in [0.25, 0.3) is 21.9 Å². The average molecular weight is 426 g/mol. The average Bonchev–Trinajstić information content (AvgIpc) is 2.79. The number of carbonyl (C=O) groups excluding carboxylic acids is 1. The molecule has 2 amide bonds. The third-order valence-electron chi connectivity index (χ3n) is 5.87. The Morgan fingerprint density at radius 3 is 2.09 bits per heavy atom. The van der Waals surface area contributed by atoms with Gasteiger partial charge in [0.1, 0.15) is 5.82 Å². The van der Waals surface area contributed by atoms with E-state index < -0.39 is 0 Å². The van der Waals surface area contributed by atoms with Gasteiger partial charge in [-0.05, 0) is 47.6 Å². The molecule has 0 saturated heterocycles. The summed E-state index contributed by atoms with van der Waals surface area (Å²) >= 11 is 0. The molecule has 0 atom stereocenters. The number of fused-ring (bicyclic) bond motifs is 1. The van der Waals surface area contributed by atoms with Gasteiger partial charge in [-0.2, -0.15) is 0 Å². The molecule has 5 nitrogen and oxygen atoms in total. The van der Waals surface area contributed by atoms with Crippen LogP contribution in [0.15, 0.2) is 77.6 Å². The number of benzene rings is 3. The van der Waals surface area contributed by atoms with Crippen LogP contribution in [0.2, 0.25) is 0 Å². The fraction of sp³-hybridized carbons (Fsp3) is 0.185. The minimum absolute atomic E-state index is 0.142. The van der Waals surface area contributed by atoms with E-state index >= 15 is 0 Å². The van der Waals surface area contributed by atoms with Crippen LogP contribution in [-0.2, 0) is 13.6 Å². The monoisotopic (exact) mass is 425 g/mol. The molecular formula is C27H27N3O2. The van der Waals surface area contributed by atoms with Crippen LogP contribution in [0.3, 0.4) is 0 Å². The minimum Gasteiger partial charge on any atom is -0.323 e. The highest BCUT2D eigenvalue weighted by molar-refractivity contribution is 6.05. The molecule has 4 aromatic rings. The highest BCUT2D eigenvalue weighted by atomic mass is 16.2. The van der Waals surface area contributed by atoms with E-state index in [-0.39, 0.29) is 11.6 Å². The lowest BCUT2D eigenvalue weighted by Gasteiger charge is -2.23. The quantitative estimate of drug-likeness (QED) is 0.470. The summed E-state index contributed by atoms with van der Waals surface area (Å²) in [5, 5.41) is 4.49. The molecule has 5 heteroatoms. The topological polar surface area (TPSA) is 54.3 Å². The zero-order chi connectivity index (χ0) is 22.8. The molecule has 0 fully saturated rings. The Labute approximate surface area is 187 Å². The minimum atomic E-state index is -0.272. The largest absolute Gasteiger partial charge is 0.323 e. The summed E-state index contributed by atoms with van der Waals surface area (Å²) in [6, 6.07) is 23.2. The van der Waals surface area contributed by atoms with Crippen molar-refractivity contribution in [2.45, 2.75) is 20.4 Å². The summed E-state index contributed by atoms with van der Waals surface area (Å²) in [5.74, 6) is 0.496. The van der Waals surface area contributed by atoms with E-state index in [2.05, 4.69) is 31.3 Å². The molecule has 32 heavy (non-hydrogen) atoms. The van der Waals surface area contributed by atoms with E-state index in [0.717, 1.165) is 33.2 Å². The SMILES string of the molecule is Cc1cccc(C)c1-c1c(NC(=O)N(C)Cc2ccccc2)n(C)c(=O)c2ccccc12. The molecule has 0 radical (unpaired) electrons. The highest BCUT2D eigenvalue weighted by Gasteiger charge is 2.21. The van der Waals surface area contributed by atoms with Gasteiger partial charge in [0, 0.05) is 31.6 Å². The van der Waals surface area contributed by atoms with Gasteiger partial charge in [0.2, 0.25) is 0 Å². The third-order valence-corrected chi connectivity index (χ3v) is 5.87. The Morgan fingerprint density at radius 2 is 1.44 bits per heavy atom. The van der Waals surface area contributed by atoms with Crippen LogP contribution in [0.5, 0.6) is 0 Å². The van der Waals surface area contributed by atoms with E-state index in [4.69, 9.17) is 0 Å². The number of anilines is 1.